The van der Waals surface area contributed by atoms with Crippen molar-refractivity contribution in [1.82, 2.24) is 0 Å². The van der Waals surface area contributed by atoms with Gasteiger partial charge in [0.1, 0.15) is 0 Å². The summed E-state index contributed by atoms with van der Waals surface area (Å²) in [5.74, 6) is 0. The number of rotatable bonds is 13. The van der Waals surface area contributed by atoms with Crippen LogP contribution in [0.3, 0.4) is 0 Å². The molecule has 2 heterocycles. The van der Waals surface area contributed by atoms with Crippen molar-refractivity contribution in [2.45, 2.75) is 64.2 Å². The third kappa shape index (κ3) is 6.62. The topological polar surface area (TPSA) is 23.6 Å². The highest BCUT2D eigenvalue weighted by atomic mass is 32.1. The van der Waals surface area contributed by atoms with E-state index in [1.807, 2.05) is 6.07 Å². The van der Waals surface area contributed by atoms with E-state index in [9.17, 15) is 4.79 Å². The highest BCUT2D eigenvalue weighted by Gasteiger charge is 2.43. The Hall–Kier alpha value is -6.79. The molecule has 2 aliphatic carbocycles. The van der Waals surface area contributed by atoms with E-state index in [4.69, 9.17) is 0 Å². The maximum Gasteiger partial charge on any atom is 0.160 e. The molecule has 0 bridgehead atoms. The standard InChI is InChI=1S/C61H52N2OS2/c1-5-60(6-2)53-36-41(57-34-35-59(66-57)58-33-28-48(40-64)65-58)24-29-49(53)50-31-26-46(38-54(50)60)63(44-22-16-11-17-23-44)47-27-32-52-51-30-25-45(37-55(51)61(7-3,8-4)56(52)39-47)62(42-18-12-9-13-19-42)43-20-14-10-15-21-43/h9-40H,5-8H2,1-4H3. The zero-order valence-corrected chi connectivity index (χ0v) is 39.6. The predicted octanol–water partition coefficient (Wildman–Crippen LogP) is 18.1. The van der Waals surface area contributed by atoms with Crippen molar-refractivity contribution in [2.24, 2.45) is 0 Å². The Morgan fingerprint density at radius 2 is 0.742 bits per heavy atom. The second-order valence-corrected chi connectivity index (χ2v) is 19.9. The molecule has 66 heavy (non-hydrogen) atoms. The average molecular weight is 893 g/mol. The number of thiophene rings is 2. The Balaban J connectivity index is 0.999. The molecular weight excluding hydrogens is 841 g/mol. The molecule has 0 fully saturated rings. The van der Waals surface area contributed by atoms with Crippen molar-refractivity contribution in [3.05, 3.63) is 215 Å². The fourth-order valence-electron chi connectivity index (χ4n) is 11.3. The van der Waals surface area contributed by atoms with E-state index in [0.717, 1.165) is 58.8 Å². The van der Waals surface area contributed by atoms with Gasteiger partial charge >= 0.3 is 0 Å². The van der Waals surface area contributed by atoms with Crippen LogP contribution in [0.5, 0.6) is 0 Å². The molecule has 0 aliphatic heterocycles. The summed E-state index contributed by atoms with van der Waals surface area (Å²) in [6, 6.07) is 69.6. The van der Waals surface area contributed by atoms with Gasteiger partial charge in [0.2, 0.25) is 0 Å². The highest BCUT2D eigenvalue weighted by molar-refractivity contribution is 7.24. The summed E-state index contributed by atoms with van der Waals surface area (Å²) < 4.78 is 0. The van der Waals surface area contributed by atoms with E-state index in [-0.39, 0.29) is 10.8 Å². The summed E-state index contributed by atoms with van der Waals surface area (Å²) in [7, 11) is 0. The summed E-state index contributed by atoms with van der Waals surface area (Å²) in [5.41, 5.74) is 18.9. The quantitative estimate of drug-likeness (QED) is 0.108. The summed E-state index contributed by atoms with van der Waals surface area (Å²) in [6.07, 6.45) is 4.93. The number of carbonyl (C=O) groups is 1. The van der Waals surface area contributed by atoms with Gasteiger partial charge in [0, 0.05) is 59.6 Å². The van der Waals surface area contributed by atoms with Crippen LogP contribution < -0.4 is 9.80 Å². The number of benzene rings is 7. The van der Waals surface area contributed by atoms with Crippen LogP contribution in [0.1, 0.15) is 85.3 Å². The maximum absolute atomic E-state index is 11.4. The minimum atomic E-state index is -0.152. The molecule has 0 saturated carbocycles. The molecule has 0 N–H and O–H groups in total. The molecule has 0 radical (unpaired) electrons. The summed E-state index contributed by atoms with van der Waals surface area (Å²) in [4.78, 5) is 20.6. The second kappa shape index (κ2) is 16.9. The number of hydrogen-bond acceptors (Lipinski definition) is 5. The molecule has 2 aliphatic rings. The van der Waals surface area contributed by atoms with Gasteiger partial charge in [-0.1, -0.05) is 113 Å². The molecule has 324 valence electrons. The molecule has 5 heteroatoms. The van der Waals surface area contributed by atoms with Gasteiger partial charge in [-0.25, -0.2) is 0 Å². The van der Waals surface area contributed by atoms with E-state index in [1.54, 1.807) is 22.7 Å². The number of anilines is 6. The first kappa shape index (κ1) is 41.9. The Kier molecular flexibility index (Phi) is 10.7. The van der Waals surface area contributed by atoms with E-state index in [1.165, 1.54) is 76.9 Å². The third-order valence-corrected chi connectivity index (χ3v) is 17.1. The SMILES string of the molecule is CCC1(CC)c2cc(-c3ccc(-c4ccc(C=O)s4)s3)ccc2-c2ccc(N(c3ccccc3)c3ccc4c(c3)C(CC)(CC)c3cc(N(c5ccccc5)c5ccccc5)ccc3-4)cc21. The first-order valence-electron chi connectivity index (χ1n) is 23.4. The lowest BCUT2D eigenvalue weighted by molar-refractivity contribution is 0.112. The first-order chi connectivity index (χ1) is 32.4. The lowest BCUT2D eigenvalue weighted by atomic mass is 9.73. The predicted molar refractivity (Wildman–Crippen MR) is 281 cm³/mol. The summed E-state index contributed by atoms with van der Waals surface area (Å²) in [6.45, 7) is 9.46. The van der Waals surface area contributed by atoms with Crippen LogP contribution in [-0.2, 0) is 10.8 Å². The highest BCUT2D eigenvalue weighted by Crippen LogP contribution is 2.58. The molecule has 0 amide bonds. The first-order valence-corrected chi connectivity index (χ1v) is 25.1. The molecular formula is C61H52N2OS2. The number of para-hydroxylation sites is 3. The fourth-order valence-corrected chi connectivity index (χ4v) is 13.3. The molecule has 7 aromatic carbocycles. The van der Waals surface area contributed by atoms with Crippen LogP contribution in [0.2, 0.25) is 0 Å². The fraction of sp³-hybridized carbons (Fsp3) is 0.164. The summed E-state index contributed by atoms with van der Waals surface area (Å²) >= 11 is 3.36. The number of fused-ring (bicyclic) bond motifs is 6. The Labute approximate surface area is 397 Å². The van der Waals surface area contributed by atoms with Gasteiger partial charge in [-0.3, -0.25) is 4.79 Å². The van der Waals surface area contributed by atoms with Crippen LogP contribution in [-0.4, -0.2) is 6.29 Å². The van der Waals surface area contributed by atoms with Crippen LogP contribution >= 0.6 is 22.7 Å². The van der Waals surface area contributed by atoms with Crippen LogP contribution in [0.15, 0.2) is 188 Å². The zero-order valence-electron chi connectivity index (χ0n) is 37.9. The van der Waals surface area contributed by atoms with Crippen molar-refractivity contribution in [1.29, 1.82) is 0 Å². The molecule has 3 nitrogen and oxygen atoms in total. The smallest absolute Gasteiger partial charge is 0.160 e. The maximum atomic E-state index is 11.4. The minimum Gasteiger partial charge on any atom is -0.310 e. The number of nitrogens with zero attached hydrogens (tertiary/aromatic N) is 2. The number of hydrogen-bond donors (Lipinski definition) is 0. The molecule has 0 atom stereocenters. The average Bonchev–Trinajstić information content (AvgIpc) is 4.18. The molecule has 0 spiro atoms. The lowest BCUT2D eigenvalue weighted by Crippen LogP contribution is -2.24. The zero-order chi connectivity index (χ0) is 45.0. The summed E-state index contributed by atoms with van der Waals surface area (Å²) in [5, 5.41) is 0. The number of aldehydes is 1. The third-order valence-electron chi connectivity index (χ3n) is 14.8. The van der Waals surface area contributed by atoms with Crippen LogP contribution in [0.25, 0.3) is 42.4 Å². The monoisotopic (exact) mass is 892 g/mol. The van der Waals surface area contributed by atoms with Crippen molar-refractivity contribution in [3.8, 4) is 42.4 Å². The van der Waals surface area contributed by atoms with Crippen molar-refractivity contribution >= 4 is 63.1 Å². The van der Waals surface area contributed by atoms with E-state index < -0.39 is 0 Å². The van der Waals surface area contributed by atoms with Gasteiger partial charge in [0.05, 0.1) is 4.88 Å². The molecule has 0 saturated heterocycles. The molecule has 11 rings (SSSR count). The van der Waals surface area contributed by atoms with Gasteiger partial charge < -0.3 is 9.80 Å². The largest absolute Gasteiger partial charge is 0.310 e. The van der Waals surface area contributed by atoms with Crippen LogP contribution in [0, 0.1) is 0 Å². The normalized spacial score (nSPS) is 13.7. The lowest BCUT2D eigenvalue weighted by Gasteiger charge is -2.33. The minimum absolute atomic E-state index is 0.129. The van der Waals surface area contributed by atoms with Crippen LogP contribution in [0.4, 0.5) is 34.1 Å². The van der Waals surface area contributed by atoms with E-state index >= 15 is 0 Å². The Morgan fingerprint density at radius 1 is 0.379 bits per heavy atom. The molecule has 0 unspecified atom stereocenters. The molecule has 9 aromatic rings. The van der Waals surface area contributed by atoms with Gasteiger partial charge in [0.15, 0.2) is 6.29 Å². The van der Waals surface area contributed by atoms with Crippen molar-refractivity contribution in [3.63, 3.8) is 0 Å². The second-order valence-electron chi connectivity index (χ2n) is 17.7. The van der Waals surface area contributed by atoms with Gasteiger partial charge in [-0.05, 0) is 179 Å². The van der Waals surface area contributed by atoms with E-state index in [0.29, 0.717) is 0 Å². The van der Waals surface area contributed by atoms with Gasteiger partial charge in [-0.2, -0.15) is 0 Å². The number of carbonyl (C=O) groups excluding carboxylic acids is 1. The van der Waals surface area contributed by atoms with E-state index in [2.05, 4.69) is 219 Å². The molecule has 2 aromatic heterocycles. The van der Waals surface area contributed by atoms with Crippen molar-refractivity contribution in [2.75, 3.05) is 9.80 Å². The van der Waals surface area contributed by atoms with Gasteiger partial charge in [0.25, 0.3) is 0 Å². The Bertz CT molecular complexity index is 3190. The van der Waals surface area contributed by atoms with Gasteiger partial charge in [-0.15, -0.1) is 22.7 Å². The van der Waals surface area contributed by atoms with Crippen molar-refractivity contribution < 1.29 is 4.79 Å². The Morgan fingerprint density at radius 3 is 1.15 bits per heavy atom.